The van der Waals surface area contributed by atoms with Crippen LogP contribution in [0.4, 0.5) is 0 Å². The van der Waals surface area contributed by atoms with E-state index in [0.29, 0.717) is 28.3 Å². The molecule has 0 fully saturated rings. The van der Waals surface area contributed by atoms with E-state index in [1.54, 1.807) is 12.1 Å². The lowest BCUT2D eigenvalue weighted by Crippen LogP contribution is -2.34. The fourth-order valence-corrected chi connectivity index (χ4v) is 2.12. The Morgan fingerprint density at radius 1 is 1.56 bits per heavy atom. The molecule has 2 rings (SSSR count). The Hall–Kier alpha value is -1.24. The van der Waals surface area contributed by atoms with Gasteiger partial charge in [0.2, 0.25) is 0 Å². The van der Waals surface area contributed by atoms with E-state index in [-0.39, 0.29) is 0 Å². The molecule has 0 saturated carbocycles. The first-order chi connectivity index (χ1) is 7.43. The Bertz CT molecular complexity index is 477. The molecule has 1 N–H and O–H groups in total. The van der Waals surface area contributed by atoms with Gasteiger partial charge in [0, 0.05) is 18.1 Å². The lowest BCUT2D eigenvalue weighted by molar-refractivity contribution is 0.0115. The number of nitrogens with zero attached hydrogens (tertiary/aromatic N) is 1. The van der Waals surface area contributed by atoms with Gasteiger partial charge in [0.25, 0.3) is 0 Å². The van der Waals surface area contributed by atoms with Gasteiger partial charge in [0.15, 0.2) is 0 Å². The number of fused-ring (bicyclic) bond motifs is 1. The average molecular weight is 238 g/mol. The summed E-state index contributed by atoms with van der Waals surface area (Å²) in [5.41, 5.74) is 0.590. The molecule has 0 spiro atoms. The fourth-order valence-electron chi connectivity index (χ4n) is 1.92. The van der Waals surface area contributed by atoms with Gasteiger partial charge < -0.3 is 9.84 Å². The highest BCUT2D eigenvalue weighted by atomic mass is 35.5. The van der Waals surface area contributed by atoms with Crippen molar-refractivity contribution in [2.45, 2.75) is 32.0 Å². The third kappa shape index (κ3) is 1.87. The lowest BCUT2D eigenvalue weighted by atomic mass is 9.91. The second kappa shape index (κ2) is 3.65. The van der Waals surface area contributed by atoms with Gasteiger partial charge >= 0.3 is 0 Å². The van der Waals surface area contributed by atoms with Gasteiger partial charge in [0.1, 0.15) is 17.4 Å². The van der Waals surface area contributed by atoms with Crippen molar-refractivity contribution < 1.29 is 9.84 Å². The van der Waals surface area contributed by atoms with Gasteiger partial charge in [-0.15, -0.1) is 0 Å². The van der Waals surface area contributed by atoms with E-state index in [4.69, 9.17) is 21.6 Å². The zero-order valence-corrected chi connectivity index (χ0v) is 9.88. The predicted molar refractivity (Wildman–Crippen MR) is 60.5 cm³/mol. The van der Waals surface area contributed by atoms with E-state index < -0.39 is 11.7 Å². The molecular formula is C12H12ClNO2. The highest BCUT2D eigenvalue weighted by Gasteiger charge is 2.33. The molecule has 1 aliphatic heterocycles. The molecule has 1 unspecified atom stereocenters. The van der Waals surface area contributed by atoms with Gasteiger partial charge in [-0.25, -0.2) is 0 Å². The highest BCUT2D eigenvalue weighted by Crippen LogP contribution is 2.41. The summed E-state index contributed by atoms with van der Waals surface area (Å²) < 4.78 is 5.72. The summed E-state index contributed by atoms with van der Waals surface area (Å²) in [5.74, 6) is 0.563. The van der Waals surface area contributed by atoms with Crippen molar-refractivity contribution in [1.29, 1.82) is 5.26 Å². The van der Waals surface area contributed by atoms with Gasteiger partial charge in [0.05, 0.1) is 16.7 Å². The molecule has 1 aromatic rings. The summed E-state index contributed by atoms with van der Waals surface area (Å²) in [5, 5.41) is 19.2. The number of ether oxygens (including phenoxy) is 1. The molecule has 0 radical (unpaired) electrons. The summed E-state index contributed by atoms with van der Waals surface area (Å²) in [6.45, 7) is 3.82. The number of rotatable bonds is 0. The highest BCUT2D eigenvalue weighted by molar-refractivity contribution is 6.31. The lowest BCUT2D eigenvalue weighted by Gasteiger charge is -2.35. The predicted octanol–water partition coefficient (Wildman–Crippen LogP) is 2.81. The first-order valence-electron chi connectivity index (χ1n) is 5.03. The third-order valence-corrected chi connectivity index (χ3v) is 2.96. The van der Waals surface area contributed by atoms with Crippen LogP contribution in [-0.2, 0) is 0 Å². The number of nitriles is 1. The van der Waals surface area contributed by atoms with Gasteiger partial charge in [-0.3, -0.25) is 0 Å². The van der Waals surface area contributed by atoms with E-state index in [0.717, 1.165) is 0 Å². The van der Waals surface area contributed by atoms with Crippen molar-refractivity contribution in [3.05, 3.63) is 28.3 Å². The quantitative estimate of drug-likeness (QED) is 0.755. The summed E-state index contributed by atoms with van der Waals surface area (Å²) in [7, 11) is 0. The molecule has 0 saturated heterocycles. The first-order valence-corrected chi connectivity index (χ1v) is 5.41. The van der Waals surface area contributed by atoms with Crippen molar-refractivity contribution >= 4 is 11.6 Å². The van der Waals surface area contributed by atoms with Crippen molar-refractivity contribution in [3.63, 3.8) is 0 Å². The minimum Gasteiger partial charge on any atom is -0.487 e. The minimum absolute atomic E-state index is 0.353. The Labute approximate surface area is 99.2 Å². The molecule has 0 amide bonds. The summed E-state index contributed by atoms with van der Waals surface area (Å²) >= 11 is 5.92. The fraction of sp³-hybridized carbons (Fsp3) is 0.417. The van der Waals surface area contributed by atoms with Crippen LogP contribution in [0.1, 0.15) is 37.5 Å². The Morgan fingerprint density at radius 2 is 2.25 bits per heavy atom. The molecule has 0 aliphatic carbocycles. The van der Waals surface area contributed by atoms with E-state index in [1.165, 1.54) is 0 Å². The molecule has 0 bridgehead atoms. The van der Waals surface area contributed by atoms with E-state index in [1.807, 2.05) is 19.9 Å². The number of halogens is 1. The van der Waals surface area contributed by atoms with Crippen LogP contribution in [0, 0.1) is 11.3 Å². The van der Waals surface area contributed by atoms with Crippen LogP contribution in [0.5, 0.6) is 5.75 Å². The zero-order chi connectivity index (χ0) is 11.9. The summed E-state index contributed by atoms with van der Waals surface area (Å²) in [4.78, 5) is 0. The molecule has 3 nitrogen and oxygen atoms in total. The van der Waals surface area contributed by atoms with Crippen molar-refractivity contribution in [1.82, 2.24) is 0 Å². The molecule has 1 aromatic carbocycles. The topological polar surface area (TPSA) is 53.2 Å². The maximum absolute atomic E-state index is 9.98. The monoisotopic (exact) mass is 237 g/mol. The third-order valence-electron chi connectivity index (χ3n) is 2.65. The largest absolute Gasteiger partial charge is 0.487 e. The Balaban J connectivity index is 2.54. The molecular weight excluding hydrogens is 226 g/mol. The van der Waals surface area contributed by atoms with Crippen LogP contribution in [0.3, 0.4) is 0 Å². The van der Waals surface area contributed by atoms with E-state index >= 15 is 0 Å². The van der Waals surface area contributed by atoms with E-state index in [2.05, 4.69) is 0 Å². The number of hydrogen-bond donors (Lipinski definition) is 1. The summed E-state index contributed by atoms with van der Waals surface area (Å²) in [6, 6.07) is 5.18. The second-order valence-electron chi connectivity index (χ2n) is 4.56. The molecule has 4 heteroatoms. The maximum atomic E-state index is 9.98. The van der Waals surface area contributed by atoms with Crippen LogP contribution >= 0.6 is 11.6 Å². The maximum Gasteiger partial charge on any atom is 0.127 e. The van der Waals surface area contributed by atoms with Gasteiger partial charge in [-0.05, 0) is 19.9 Å². The van der Waals surface area contributed by atoms with Gasteiger partial charge in [-0.1, -0.05) is 11.6 Å². The first kappa shape index (κ1) is 11.3. The Morgan fingerprint density at radius 3 is 2.88 bits per heavy atom. The van der Waals surface area contributed by atoms with Crippen LogP contribution in [-0.4, -0.2) is 10.7 Å². The Kier molecular flexibility index (Phi) is 2.57. The molecule has 1 aliphatic rings. The smallest absolute Gasteiger partial charge is 0.127 e. The number of hydrogen-bond acceptors (Lipinski definition) is 3. The standard InChI is InChI=1S/C12H12ClNO2/c1-12(2)5-10(15)8-3-7(6-14)9(13)4-11(8)16-12/h3-4,10,15H,5H2,1-2H3. The average Bonchev–Trinajstić information content (AvgIpc) is 2.14. The number of benzene rings is 1. The molecule has 0 aromatic heterocycles. The van der Waals surface area contributed by atoms with E-state index in [9.17, 15) is 5.11 Å². The zero-order valence-electron chi connectivity index (χ0n) is 9.12. The van der Waals surface area contributed by atoms with Crippen LogP contribution in [0.2, 0.25) is 5.02 Å². The summed E-state index contributed by atoms with van der Waals surface area (Å²) in [6.07, 6.45) is -0.102. The van der Waals surface area contributed by atoms with Crippen LogP contribution in [0.25, 0.3) is 0 Å². The van der Waals surface area contributed by atoms with Gasteiger partial charge in [-0.2, -0.15) is 5.26 Å². The SMILES string of the molecule is CC1(C)CC(O)c2cc(C#N)c(Cl)cc2O1. The van der Waals surface area contributed by atoms with Crippen LogP contribution < -0.4 is 4.74 Å². The number of aliphatic hydroxyl groups excluding tert-OH is 1. The van der Waals surface area contributed by atoms with Crippen molar-refractivity contribution in [3.8, 4) is 11.8 Å². The second-order valence-corrected chi connectivity index (χ2v) is 4.97. The molecule has 1 heterocycles. The van der Waals surface area contributed by atoms with Crippen molar-refractivity contribution in [2.24, 2.45) is 0 Å². The normalized spacial score (nSPS) is 21.8. The molecule has 84 valence electrons. The minimum atomic E-state index is -0.608. The molecule has 16 heavy (non-hydrogen) atoms. The number of aliphatic hydroxyl groups is 1. The van der Waals surface area contributed by atoms with Crippen LogP contribution in [0.15, 0.2) is 12.1 Å². The van der Waals surface area contributed by atoms with Crippen molar-refractivity contribution in [2.75, 3.05) is 0 Å². The molecule has 1 atom stereocenters.